The highest BCUT2D eigenvalue weighted by Crippen LogP contribution is 2.38. The summed E-state index contributed by atoms with van der Waals surface area (Å²) >= 11 is 0. The zero-order chi connectivity index (χ0) is 25.0. The third-order valence-electron chi connectivity index (χ3n) is 5.29. The molecule has 7 nitrogen and oxygen atoms in total. The van der Waals surface area contributed by atoms with Crippen LogP contribution in [0.3, 0.4) is 0 Å². The molecule has 184 valence electrons. The third kappa shape index (κ3) is 7.17. The summed E-state index contributed by atoms with van der Waals surface area (Å²) in [6, 6.07) is 19.3. The zero-order valence-electron chi connectivity index (χ0n) is 20.5. The van der Waals surface area contributed by atoms with E-state index in [-0.39, 0.29) is 5.91 Å². The molecule has 0 heterocycles. The van der Waals surface area contributed by atoms with Crippen LogP contribution in [0, 0.1) is 0 Å². The Morgan fingerprint density at radius 1 is 0.771 bits per heavy atom. The van der Waals surface area contributed by atoms with Gasteiger partial charge in [-0.15, -0.1) is 0 Å². The Morgan fingerprint density at radius 2 is 1.46 bits per heavy atom. The Hall–Kier alpha value is -4.13. The van der Waals surface area contributed by atoms with Gasteiger partial charge in [-0.05, 0) is 53.5 Å². The normalized spacial score (nSPS) is 10.6. The summed E-state index contributed by atoms with van der Waals surface area (Å²) in [5, 5.41) is 2.90. The molecule has 3 aromatic carbocycles. The number of carbonyl (C=O) groups excluding carboxylic acids is 1. The van der Waals surface area contributed by atoms with E-state index in [1.807, 2.05) is 48.5 Å². The van der Waals surface area contributed by atoms with Crippen LogP contribution in [0.1, 0.15) is 16.7 Å². The van der Waals surface area contributed by atoms with Gasteiger partial charge in [0.05, 0.1) is 28.4 Å². The molecule has 0 aliphatic rings. The molecule has 0 fully saturated rings. The van der Waals surface area contributed by atoms with Crippen molar-refractivity contribution in [3.05, 3.63) is 83.4 Å². The van der Waals surface area contributed by atoms with E-state index in [2.05, 4.69) is 5.32 Å². The van der Waals surface area contributed by atoms with Gasteiger partial charge in [-0.2, -0.15) is 0 Å². The molecule has 1 N–H and O–H groups in total. The standard InChI is InChI=1S/C28H31NO6/c1-31-23-12-10-20(16-24(23)35-19-21-8-6-5-7-9-21)14-15-29-27(30)13-11-22-17-25(32-2)28(34-4)26(18-22)33-3/h5-13,16-18H,14-15,19H2,1-4H3,(H,29,30)/b13-11+. The molecule has 0 aromatic heterocycles. The van der Waals surface area contributed by atoms with Gasteiger partial charge in [-0.1, -0.05) is 36.4 Å². The van der Waals surface area contributed by atoms with Crippen molar-refractivity contribution in [2.75, 3.05) is 35.0 Å². The molecule has 0 atom stereocenters. The van der Waals surface area contributed by atoms with Crippen LogP contribution in [0.2, 0.25) is 0 Å². The smallest absolute Gasteiger partial charge is 0.244 e. The van der Waals surface area contributed by atoms with E-state index >= 15 is 0 Å². The Kier molecular flexibility index (Phi) is 9.42. The monoisotopic (exact) mass is 477 g/mol. The van der Waals surface area contributed by atoms with Crippen molar-refractivity contribution in [2.24, 2.45) is 0 Å². The van der Waals surface area contributed by atoms with Crippen LogP contribution in [0.4, 0.5) is 0 Å². The Balaban J connectivity index is 1.57. The zero-order valence-corrected chi connectivity index (χ0v) is 20.5. The highest BCUT2D eigenvalue weighted by molar-refractivity contribution is 5.91. The van der Waals surface area contributed by atoms with Crippen LogP contribution in [-0.2, 0) is 17.8 Å². The predicted octanol–water partition coefficient (Wildman–Crippen LogP) is 4.67. The topological polar surface area (TPSA) is 75.3 Å². The fourth-order valence-corrected chi connectivity index (χ4v) is 3.48. The van der Waals surface area contributed by atoms with Crippen molar-refractivity contribution in [3.8, 4) is 28.7 Å². The maximum atomic E-state index is 12.3. The first kappa shape index (κ1) is 25.5. The van der Waals surface area contributed by atoms with Crippen LogP contribution in [0.25, 0.3) is 6.08 Å². The van der Waals surface area contributed by atoms with Crippen molar-refractivity contribution < 1.29 is 28.5 Å². The maximum Gasteiger partial charge on any atom is 0.244 e. The lowest BCUT2D eigenvalue weighted by Gasteiger charge is -2.13. The van der Waals surface area contributed by atoms with Crippen LogP contribution >= 0.6 is 0 Å². The minimum Gasteiger partial charge on any atom is -0.493 e. The number of benzene rings is 3. The average molecular weight is 478 g/mol. The molecule has 35 heavy (non-hydrogen) atoms. The number of rotatable bonds is 12. The number of amides is 1. The van der Waals surface area contributed by atoms with Gasteiger partial charge < -0.3 is 29.0 Å². The van der Waals surface area contributed by atoms with Crippen molar-refractivity contribution in [1.82, 2.24) is 5.32 Å². The number of hydrogen-bond donors (Lipinski definition) is 1. The summed E-state index contributed by atoms with van der Waals surface area (Å²) < 4.78 is 27.4. The van der Waals surface area contributed by atoms with Gasteiger partial charge >= 0.3 is 0 Å². The lowest BCUT2D eigenvalue weighted by atomic mass is 10.1. The molecule has 3 aromatic rings. The van der Waals surface area contributed by atoms with E-state index in [9.17, 15) is 4.79 Å². The quantitative estimate of drug-likeness (QED) is 0.382. The molecule has 0 spiro atoms. The Bertz CT molecular complexity index is 1120. The molecule has 0 saturated heterocycles. The third-order valence-corrected chi connectivity index (χ3v) is 5.29. The molecule has 3 rings (SSSR count). The summed E-state index contributed by atoms with van der Waals surface area (Å²) in [7, 11) is 6.26. The largest absolute Gasteiger partial charge is 0.493 e. The van der Waals surface area contributed by atoms with Crippen molar-refractivity contribution in [3.63, 3.8) is 0 Å². The Morgan fingerprint density at radius 3 is 2.09 bits per heavy atom. The van der Waals surface area contributed by atoms with Gasteiger partial charge in [0.25, 0.3) is 0 Å². The maximum absolute atomic E-state index is 12.3. The number of methoxy groups -OCH3 is 4. The van der Waals surface area contributed by atoms with Crippen LogP contribution < -0.4 is 29.0 Å². The minimum absolute atomic E-state index is 0.201. The number of carbonyl (C=O) groups is 1. The first-order valence-corrected chi connectivity index (χ1v) is 11.2. The van der Waals surface area contributed by atoms with Gasteiger partial charge in [0.2, 0.25) is 11.7 Å². The summed E-state index contributed by atoms with van der Waals surface area (Å²) in [4.78, 5) is 12.3. The van der Waals surface area contributed by atoms with Crippen LogP contribution in [-0.4, -0.2) is 40.9 Å². The van der Waals surface area contributed by atoms with Gasteiger partial charge in [0.15, 0.2) is 23.0 Å². The van der Waals surface area contributed by atoms with Crippen molar-refractivity contribution >= 4 is 12.0 Å². The lowest BCUT2D eigenvalue weighted by molar-refractivity contribution is -0.116. The second kappa shape index (κ2) is 12.9. The molecular weight excluding hydrogens is 446 g/mol. The lowest BCUT2D eigenvalue weighted by Crippen LogP contribution is -2.23. The van der Waals surface area contributed by atoms with Gasteiger partial charge in [-0.25, -0.2) is 0 Å². The van der Waals surface area contributed by atoms with E-state index in [4.69, 9.17) is 23.7 Å². The second-order valence-corrected chi connectivity index (χ2v) is 7.59. The molecule has 1 amide bonds. The van der Waals surface area contributed by atoms with E-state index in [0.717, 1.165) is 16.7 Å². The number of ether oxygens (including phenoxy) is 5. The highest BCUT2D eigenvalue weighted by Gasteiger charge is 2.12. The fraction of sp³-hybridized carbons (Fsp3) is 0.250. The Labute approximate surface area is 206 Å². The van der Waals surface area contributed by atoms with E-state index in [1.54, 1.807) is 46.6 Å². The highest BCUT2D eigenvalue weighted by atomic mass is 16.5. The summed E-state index contributed by atoms with van der Waals surface area (Å²) in [5.41, 5.74) is 2.86. The molecule has 7 heteroatoms. The van der Waals surface area contributed by atoms with E-state index < -0.39 is 0 Å². The minimum atomic E-state index is -0.201. The van der Waals surface area contributed by atoms with Crippen LogP contribution in [0.15, 0.2) is 66.7 Å². The van der Waals surface area contributed by atoms with Gasteiger partial charge in [0.1, 0.15) is 6.61 Å². The second-order valence-electron chi connectivity index (χ2n) is 7.59. The van der Waals surface area contributed by atoms with E-state index in [1.165, 1.54) is 6.08 Å². The number of hydrogen-bond acceptors (Lipinski definition) is 6. The first-order chi connectivity index (χ1) is 17.1. The molecule has 0 aliphatic heterocycles. The van der Waals surface area contributed by atoms with Gasteiger partial charge in [-0.3, -0.25) is 4.79 Å². The summed E-state index contributed by atoms with van der Waals surface area (Å²) in [6.45, 7) is 0.923. The molecular formula is C28H31NO6. The molecule has 0 bridgehead atoms. The summed E-state index contributed by atoms with van der Waals surface area (Å²) in [5.74, 6) is 2.69. The average Bonchev–Trinajstić information content (AvgIpc) is 2.90. The molecule has 0 aliphatic carbocycles. The fourth-order valence-electron chi connectivity index (χ4n) is 3.48. The molecule has 0 saturated carbocycles. The predicted molar refractivity (Wildman–Crippen MR) is 136 cm³/mol. The van der Waals surface area contributed by atoms with E-state index in [0.29, 0.717) is 48.3 Å². The van der Waals surface area contributed by atoms with Crippen molar-refractivity contribution in [1.29, 1.82) is 0 Å². The summed E-state index contributed by atoms with van der Waals surface area (Å²) in [6.07, 6.45) is 3.82. The van der Waals surface area contributed by atoms with Crippen molar-refractivity contribution in [2.45, 2.75) is 13.0 Å². The number of nitrogens with one attached hydrogen (secondary N) is 1. The SMILES string of the molecule is COc1ccc(CCNC(=O)/C=C/c2cc(OC)c(OC)c(OC)c2)cc1OCc1ccccc1. The van der Waals surface area contributed by atoms with Gasteiger partial charge in [0, 0.05) is 12.6 Å². The molecule has 0 unspecified atom stereocenters. The first-order valence-electron chi connectivity index (χ1n) is 11.2. The molecule has 0 radical (unpaired) electrons. The van der Waals surface area contributed by atoms with Crippen LogP contribution in [0.5, 0.6) is 28.7 Å².